The number of rotatable bonds is 3. The molecule has 0 nitrogen and oxygen atoms in total. The third-order valence-electron chi connectivity index (χ3n) is 1.54. The average molecular weight is 132 g/mol. The Labute approximate surface area is 51.6 Å². The maximum absolute atomic E-state index is 13.0. The molecule has 0 saturated carbocycles. The van der Waals surface area contributed by atoms with Crippen molar-refractivity contribution in [2.24, 2.45) is 0 Å². The van der Waals surface area contributed by atoms with Gasteiger partial charge in [0.05, 0.1) is 0 Å². The highest BCUT2D eigenvalue weighted by Gasteiger charge is 2.24. The fourth-order valence-corrected chi connectivity index (χ4v) is 1.62. The molecule has 8 heavy (non-hydrogen) atoms. The van der Waals surface area contributed by atoms with Crippen LogP contribution in [0.4, 0.5) is 4.11 Å². The van der Waals surface area contributed by atoms with E-state index in [1.165, 1.54) is 5.70 Å². The first kappa shape index (κ1) is 7.89. The largest absolute Gasteiger partial charge is 0.308 e. The van der Waals surface area contributed by atoms with E-state index in [0.29, 0.717) is 12.1 Å². The number of hydrogen-bond donors (Lipinski definition) is 0. The van der Waals surface area contributed by atoms with Crippen molar-refractivity contribution in [3.05, 3.63) is 12.3 Å². The summed E-state index contributed by atoms with van der Waals surface area (Å²) in [7, 11) is -2.41. The maximum Gasteiger partial charge on any atom is 0.269 e. The van der Waals surface area contributed by atoms with Gasteiger partial charge in [-0.05, 0) is 12.1 Å². The Hall–Kier alpha value is -0.113. The van der Waals surface area contributed by atoms with Crippen LogP contribution >= 0.6 is 0 Å². The van der Waals surface area contributed by atoms with Crippen LogP contribution in [0.15, 0.2) is 12.3 Å². The average Bonchev–Trinajstić information content (AvgIpc) is 1.87. The van der Waals surface area contributed by atoms with Gasteiger partial charge in [0.1, 0.15) is 0 Å². The van der Waals surface area contributed by atoms with Crippen molar-refractivity contribution < 1.29 is 4.11 Å². The summed E-state index contributed by atoms with van der Waals surface area (Å²) in [6.45, 7) is 7.23. The second-order valence-electron chi connectivity index (χ2n) is 1.95. The molecular weight excluding hydrogens is 119 g/mol. The molecule has 2 heteroatoms. The Balaban J connectivity index is 3.76. The number of hydrogen-bond acceptors (Lipinski definition) is 0. The molecule has 0 spiro atoms. The molecule has 0 aliphatic rings. The summed E-state index contributed by atoms with van der Waals surface area (Å²) in [5.41, 5.74) is 1.52. The molecule has 0 amide bonds. The van der Waals surface area contributed by atoms with Crippen LogP contribution in [0.3, 0.4) is 0 Å². The molecule has 0 heterocycles. The molecule has 0 fully saturated rings. The van der Waals surface area contributed by atoms with Crippen molar-refractivity contribution in [1.29, 1.82) is 0 Å². The molecule has 0 rings (SSSR count). The van der Waals surface area contributed by atoms with Crippen LogP contribution in [0.5, 0.6) is 0 Å². The summed E-state index contributed by atoms with van der Waals surface area (Å²) >= 11 is 0. The summed E-state index contributed by atoms with van der Waals surface area (Å²) in [6.07, 6.45) is 0. The first-order chi connectivity index (χ1) is 3.68. The molecule has 0 aliphatic heterocycles. The molecule has 0 atom stereocenters. The minimum Gasteiger partial charge on any atom is -0.308 e. The van der Waals surface area contributed by atoms with E-state index in [1.807, 2.05) is 13.8 Å². The van der Waals surface area contributed by atoms with Gasteiger partial charge in [-0.2, -0.15) is 0 Å². The summed E-state index contributed by atoms with van der Waals surface area (Å²) in [5, 5.41) is 0. The lowest BCUT2D eigenvalue weighted by Crippen LogP contribution is -2.22. The standard InChI is InChI=1S/C6H13FSi/c1-4-8(7,5-2)6-3/h4H,1,5-6H2,2-3H3. The first-order valence-corrected chi connectivity index (χ1v) is 5.38. The van der Waals surface area contributed by atoms with Crippen molar-refractivity contribution in [3.63, 3.8) is 0 Å². The predicted octanol–water partition coefficient (Wildman–Crippen LogP) is 2.67. The maximum atomic E-state index is 13.0. The Kier molecular flexibility index (Phi) is 2.98. The SMILES string of the molecule is C=C[Si](F)(CC)CC. The first-order valence-electron chi connectivity index (χ1n) is 3.01. The van der Waals surface area contributed by atoms with Gasteiger partial charge in [-0.3, -0.25) is 0 Å². The molecule has 0 bridgehead atoms. The summed E-state index contributed by atoms with van der Waals surface area (Å²) in [5.74, 6) is 0. The van der Waals surface area contributed by atoms with Gasteiger partial charge in [0.15, 0.2) is 0 Å². The topological polar surface area (TPSA) is 0 Å². The third-order valence-corrected chi connectivity index (χ3v) is 4.62. The van der Waals surface area contributed by atoms with Gasteiger partial charge in [-0.15, -0.1) is 6.58 Å². The fourth-order valence-electron chi connectivity index (χ4n) is 0.539. The zero-order chi connectivity index (χ0) is 6.62. The Morgan fingerprint density at radius 3 is 1.88 bits per heavy atom. The number of halogens is 1. The van der Waals surface area contributed by atoms with Crippen molar-refractivity contribution in [1.82, 2.24) is 0 Å². The van der Waals surface area contributed by atoms with E-state index < -0.39 is 8.41 Å². The van der Waals surface area contributed by atoms with Crippen molar-refractivity contribution in [3.8, 4) is 0 Å². The highest BCUT2D eigenvalue weighted by Crippen LogP contribution is 2.16. The van der Waals surface area contributed by atoms with E-state index in [1.54, 1.807) is 0 Å². The van der Waals surface area contributed by atoms with Gasteiger partial charge in [0.25, 0.3) is 8.41 Å². The molecule has 0 saturated heterocycles. The Bertz CT molecular complexity index is 76.6. The Morgan fingerprint density at radius 1 is 1.50 bits per heavy atom. The zero-order valence-corrected chi connectivity index (χ0v) is 6.58. The lowest BCUT2D eigenvalue weighted by atomic mass is 10.9. The molecule has 0 unspecified atom stereocenters. The zero-order valence-electron chi connectivity index (χ0n) is 5.58. The van der Waals surface area contributed by atoms with Gasteiger partial charge < -0.3 is 4.11 Å². The van der Waals surface area contributed by atoms with Gasteiger partial charge >= 0.3 is 0 Å². The van der Waals surface area contributed by atoms with Gasteiger partial charge in [-0.25, -0.2) is 0 Å². The lowest BCUT2D eigenvalue weighted by Gasteiger charge is -2.11. The van der Waals surface area contributed by atoms with E-state index >= 15 is 0 Å². The molecule has 0 aromatic carbocycles. The van der Waals surface area contributed by atoms with Crippen LogP contribution in [-0.2, 0) is 0 Å². The van der Waals surface area contributed by atoms with Crippen LogP contribution < -0.4 is 0 Å². The van der Waals surface area contributed by atoms with Crippen molar-refractivity contribution in [2.75, 3.05) is 0 Å². The molecule has 0 aliphatic carbocycles. The van der Waals surface area contributed by atoms with Crippen molar-refractivity contribution >= 4 is 8.41 Å². The third kappa shape index (κ3) is 1.78. The normalized spacial score (nSPS) is 11.4. The van der Waals surface area contributed by atoms with E-state index in [2.05, 4.69) is 6.58 Å². The predicted molar refractivity (Wildman–Crippen MR) is 38.0 cm³/mol. The lowest BCUT2D eigenvalue weighted by molar-refractivity contribution is 0.783. The van der Waals surface area contributed by atoms with Crippen LogP contribution in [0.2, 0.25) is 12.1 Å². The van der Waals surface area contributed by atoms with Gasteiger partial charge in [0.2, 0.25) is 0 Å². The molecule has 0 aromatic rings. The van der Waals surface area contributed by atoms with Crippen LogP contribution in [0.25, 0.3) is 0 Å². The monoisotopic (exact) mass is 132 g/mol. The minimum atomic E-state index is -2.41. The van der Waals surface area contributed by atoms with Gasteiger partial charge in [0, 0.05) is 0 Å². The smallest absolute Gasteiger partial charge is 0.269 e. The van der Waals surface area contributed by atoms with Crippen molar-refractivity contribution in [2.45, 2.75) is 25.9 Å². The van der Waals surface area contributed by atoms with E-state index in [0.717, 1.165) is 0 Å². The molecule has 0 N–H and O–H groups in total. The molecule has 0 radical (unpaired) electrons. The second-order valence-corrected chi connectivity index (χ2v) is 5.84. The molecule has 48 valence electrons. The quantitative estimate of drug-likeness (QED) is 0.409. The molecule has 0 aromatic heterocycles. The van der Waals surface area contributed by atoms with E-state index in [4.69, 9.17) is 0 Å². The minimum absolute atomic E-state index is 0.674. The highest BCUT2D eigenvalue weighted by atomic mass is 28.4. The summed E-state index contributed by atoms with van der Waals surface area (Å²) in [4.78, 5) is 0. The second kappa shape index (κ2) is 3.02. The summed E-state index contributed by atoms with van der Waals surface area (Å²) < 4.78 is 13.0. The molecular formula is C6H13FSi. The van der Waals surface area contributed by atoms with Crippen LogP contribution in [0, 0.1) is 0 Å². The van der Waals surface area contributed by atoms with E-state index in [9.17, 15) is 4.11 Å². The van der Waals surface area contributed by atoms with Crippen LogP contribution in [-0.4, -0.2) is 8.41 Å². The summed E-state index contributed by atoms with van der Waals surface area (Å²) in [6, 6.07) is 1.35. The van der Waals surface area contributed by atoms with E-state index in [-0.39, 0.29) is 0 Å². The van der Waals surface area contributed by atoms with Crippen LogP contribution in [0.1, 0.15) is 13.8 Å². The van der Waals surface area contributed by atoms with Gasteiger partial charge in [-0.1, -0.05) is 19.5 Å². The Morgan fingerprint density at radius 2 is 1.88 bits per heavy atom. The fraction of sp³-hybridized carbons (Fsp3) is 0.667. The highest BCUT2D eigenvalue weighted by molar-refractivity contribution is 6.77.